The van der Waals surface area contributed by atoms with Gasteiger partial charge in [0.1, 0.15) is 17.3 Å². The Balaban J connectivity index is 2.00. The highest BCUT2D eigenvalue weighted by atomic mass is 32.1. The van der Waals surface area contributed by atoms with Crippen LogP contribution >= 0.6 is 12.2 Å². The minimum absolute atomic E-state index is 0.482. The molecule has 0 atom stereocenters. The van der Waals surface area contributed by atoms with Gasteiger partial charge >= 0.3 is 0 Å². The minimum Gasteiger partial charge on any atom is -0.497 e. The molecule has 21 heavy (non-hydrogen) atoms. The number of benzene rings is 1. The molecule has 0 aliphatic rings. The standard InChI is InChI=1S/C15H17N3O2S/c1-3-16-15(21)18-17-10-13-8-9-14(20-13)11-4-6-12(19-2)7-5-11/h4-10H,3H2,1-2H3,(H2,16,18,21)/b17-10+. The quantitative estimate of drug-likeness (QED) is 0.505. The van der Waals surface area contributed by atoms with Crippen molar-refractivity contribution in [2.24, 2.45) is 5.10 Å². The summed E-state index contributed by atoms with van der Waals surface area (Å²) in [6, 6.07) is 11.4. The summed E-state index contributed by atoms with van der Waals surface area (Å²) in [7, 11) is 1.64. The number of nitrogens with zero attached hydrogens (tertiary/aromatic N) is 1. The number of rotatable bonds is 5. The molecule has 5 nitrogen and oxygen atoms in total. The van der Waals surface area contributed by atoms with E-state index in [1.165, 1.54) is 0 Å². The highest BCUT2D eigenvalue weighted by Crippen LogP contribution is 2.23. The van der Waals surface area contributed by atoms with Gasteiger partial charge in [-0.05, 0) is 55.5 Å². The van der Waals surface area contributed by atoms with Crippen LogP contribution in [0.2, 0.25) is 0 Å². The third-order valence-electron chi connectivity index (χ3n) is 2.70. The molecule has 0 unspecified atom stereocenters. The first kappa shape index (κ1) is 15.1. The second kappa shape index (κ2) is 7.44. The normalized spacial score (nSPS) is 10.6. The number of thiocarbonyl (C=S) groups is 1. The first-order valence-corrected chi connectivity index (χ1v) is 6.95. The van der Waals surface area contributed by atoms with E-state index in [4.69, 9.17) is 21.4 Å². The lowest BCUT2D eigenvalue weighted by atomic mass is 10.2. The molecule has 110 valence electrons. The van der Waals surface area contributed by atoms with Gasteiger partial charge in [-0.25, -0.2) is 0 Å². The van der Waals surface area contributed by atoms with Gasteiger partial charge in [0.05, 0.1) is 13.3 Å². The van der Waals surface area contributed by atoms with Crippen LogP contribution in [0.4, 0.5) is 0 Å². The lowest BCUT2D eigenvalue weighted by Gasteiger charge is -2.02. The zero-order chi connectivity index (χ0) is 15.1. The SMILES string of the molecule is CCNC(=S)N/N=C/c1ccc(-c2ccc(OC)cc2)o1. The predicted octanol–water partition coefficient (Wildman–Crippen LogP) is 2.77. The zero-order valence-electron chi connectivity index (χ0n) is 11.9. The van der Waals surface area contributed by atoms with Crippen molar-refractivity contribution in [3.05, 3.63) is 42.2 Å². The number of nitrogens with one attached hydrogen (secondary N) is 2. The van der Waals surface area contributed by atoms with Crippen molar-refractivity contribution in [3.63, 3.8) is 0 Å². The molecular weight excluding hydrogens is 286 g/mol. The maximum absolute atomic E-state index is 5.69. The van der Waals surface area contributed by atoms with E-state index >= 15 is 0 Å². The van der Waals surface area contributed by atoms with E-state index in [1.54, 1.807) is 13.3 Å². The van der Waals surface area contributed by atoms with Crippen molar-refractivity contribution >= 4 is 23.5 Å². The Hall–Kier alpha value is -2.34. The monoisotopic (exact) mass is 303 g/mol. The number of furan rings is 1. The lowest BCUT2D eigenvalue weighted by Crippen LogP contribution is -2.31. The second-order valence-electron chi connectivity index (χ2n) is 4.16. The van der Waals surface area contributed by atoms with E-state index in [-0.39, 0.29) is 0 Å². The Morgan fingerprint density at radius 1 is 1.29 bits per heavy atom. The van der Waals surface area contributed by atoms with Gasteiger partial charge in [0.15, 0.2) is 5.11 Å². The number of hydrogen-bond acceptors (Lipinski definition) is 4. The van der Waals surface area contributed by atoms with E-state index in [9.17, 15) is 0 Å². The summed E-state index contributed by atoms with van der Waals surface area (Å²) in [4.78, 5) is 0. The minimum atomic E-state index is 0.482. The third-order valence-corrected chi connectivity index (χ3v) is 2.93. The van der Waals surface area contributed by atoms with Gasteiger partial charge in [0.2, 0.25) is 0 Å². The Morgan fingerprint density at radius 2 is 2.05 bits per heavy atom. The van der Waals surface area contributed by atoms with Gasteiger partial charge in [0.25, 0.3) is 0 Å². The maximum Gasteiger partial charge on any atom is 0.186 e. The fourth-order valence-electron chi connectivity index (χ4n) is 1.69. The van der Waals surface area contributed by atoms with Gasteiger partial charge in [0, 0.05) is 12.1 Å². The molecule has 1 aromatic carbocycles. The maximum atomic E-state index is 5.69. The first-order chi connectivity index (χ1) is 10.2. The van der Waals surface area contributed by atoms with Crippen LogP contribution in [0.1, 0.15) is 12.7 Å². The molecule has 0 spiro atoms. The average molecular weight is 303 g/mol. The van der Waals surface area contributed by atoms with Gasteiger partial charge < -0.3 is 14.5 Å². The van der Waals surface area contributed by atoms with Crippen LogP contribution in [-0.4, -0.2) is 25.0 Å². The van der Waals surface area contributed by atoms with Crippen LogP contribution in [0.25, 0.3) is 11.3 Å². The zero-order valence-corrected chi connectivity index (χ0v) is 12.7. The summed E-state index contributed by atoms with van der Waals surface area (Å²) in [5, 5.41) is 7.42. The largest absolute Gasteiger partial charge is 0.497 e. The molecule has 0 radical (unpaired) electrons. The van der Waals surface area contributed by atoms with Crippen molar-refractivity contribution < 1.29 is 9.15 Å². The fraction of sp³-hybridized carbons (Fsp3) is 0.200. The highest BCUT2D eigenvalue weighted by Gasteiger charge is 2.03. The van der Waals surface area contributed by atoms with Crippen molar-refractivity contribution in [1.82, 2.24) is 10.7 Å². The third kappa shape index (κ3) is 4.32. The predicted molar refractivity (Wildman–Crippen MR) is 87.7 cm³/mol. The molecule has 2 aromatic rings. The summed E-state index contributed by atoms with van der Waals surface area (Å²) < 4.78 is 10.8. The van der Waals surface area contributed by atoms with E-state index in [0.29, 0.717) is 10.9 Å². The summed E-state index contributed by atoms with van der Waals surface area (Å²) in [5.74, 6) is 2.23. The number of methoxy groups -OCH3 is 1. The highest BCUT2D eigenvalue weighted by molar-refractivity contribution is 7.80. The Labute approximate surface area is 129 Å². The molecule has 0 saturated heterocycles. The van der Waals surface area contributed by atoms with E-state index < -0.39 is 0 Å². The van der Waals surface area contributed by atoms with E-state index in [0.717, 1.165) is 23.6 Å². The molecule has 0 bridgehead atoms. The number of ether oxygens (including phenoxy) is 1. The molecule has 1 aromatic heterocycles. The average Bonchev–Trinajstić information content (AvgIpc) is 2.96. The summed E-state index contributed by atoms with van der Waals surface area (Å²) >= 11 is 5.00. The van der Waals surface area contributed by atoms with Crippen LogP contribution in [0.15, 0.2) is 45.9 Å². The number of hydrazone groups is 1. The fourth-order valence-corrected chi connectivity index (χ4v) is 1.88. The summed E-state index contributed by atoms with van der Waals surface area (Å²) in [6.45, 7) is 2.72. The van der Waals surface area contributed by atoms with Crippen LogP contribution in [0.3, 0.4) is 0 Å². The van der Waals surface area contributed by atoms with Crippen LogP contribution < -0.4 is 15.5 Å². The smallest absolute Gasteiger partial charge is 0.186 e. The lowest BCUT2D eigenvalue weighted by molar-refractivity contribution is 0.415. The van der Waals surface area contributed by atoms with Gasteiger partial charge in [-0.15, -0.1) is 0 Å². The molecule has 0 saturated carbocycles. The molecular formula is C15H17N3O2S. The van der Waals surface area contributed by atoms with Crippen LogP contribution in [0.5, 0.6) is 5.75 Å². The van der Waals surface area contributed by atoms with Gasteiger partial charge in [-0.2, -0.15) is 5.10 Å². The van der Waals surface area contributed by atoms with Crippen molar-refractivity contribution in [3.8, 4) is 17.1 Å². The summed E-state index contributed by atoms with van der Waals surface area (Å²) in [5.41, 5.74) is 3.69. The number of hydrogen-bond donors (Lipinski definition) is 2. The molecule has 2 rings (SSSR count). The van der Waals surface area contributed by atoms with E-state index in [2.05, 4.69) is 15.8 Å². The Bertz CT molecular complexity index is 620. The molecule has 1 heterocycles. The molecule has 2 N–H and O–H groups in total. The summed E-state index contributed by atoms with van der Waals surface area (Å²) in [6.07, 6.45) is 1.58. The van der Waals surface area contributed by atoms with Crippen molar-refractivity contribution in [2.45, 2.75) is 6.92 Å². The van der Waals surface area contributed by atoms with Crippen molar-refractivity contribution in [2.75, 3.05) is 13.7 Å². The first-order valence-electron chi connectivity index (χ1n) is 6.54. The van der Waals surface area contributed by atoms with Crippen molar-refractivity contribution in [1.29, 1.82) is 0 Å². The van der Waals surface area contributed by atoms with Gasteiger partial charge in [-0.3, -0.25) is 5.43 Å². The van der Waals surface area contributed by atoms with Gasteiger partial charge in [-0.1, -0.05) is 0 Å². The van der Waals surface area contributed by atoms with Crippen LogP contribution in [-0.2, 0) is 0 Å². The Morgan fingerprint density at radius 3 is 2.71 bits per heavy atom. The molecule has 0 amide bonds. The molecule has 0 fully saturated rings. The molecule has 6 heteroatoms. The van der Waals surface area contributed by atoms with Crippen LogP contribution in [0, 0.1) is 0 Å². The second-order valence-corrected chi connectivity index (χ2v) is 4.57. The van der Waals surface area contributed by atoms with E-state index in [1.807, 2.05) is 43.3 Å². The Kier molecular flexibility index (Phi) is 5.34. The molecule has 0 aliphatic carbocycles. The topological polar surface area (TPSA) is 58.8 Å². The molecule has 0 aliphatic heterocycles.